The van der Waals surface area contributed by atoms with Gasteiger partial charge in [0.1, 0.15) is 0 Å². The Bertz CT molecular complexity index is 294. The summed E-state index contributed by atoms with van der Waals surface area (Å²) in [6, 6.07) is 0. The van der Waals surface area contributed by atoms with Crippen molar-refractivity contribution in [2.45, 2.75) is 20.2 Å². The average molecular weight is 251 g/mol. The van der Waals surface area contributed by atoms with Gasteiger partial charge < -0.3 is 5.32 Å². The van der Waals surface area contributed by atoms with Crippen molar-refractivity contribution in [1.82, 2.24) is 5.32 Å². The second-order valence-electron chi connectivity index (χ2n) is 2.69. The molecule has 0 heterocycles. The smallest absolute Gasteiger partial charge is 0.326 e. The minimum atomic E-state index is -4.46. The van der Waals surface area contributed by atoms with Crippen molar-refractivity contribution in [3.05, 3.63) is 36.6 Å². The number of alkyl halides is 3. The Hall–Kier alpha value is -1.56. The first-order valence-electron chi connectivity index (χ1n) is 4.61. The Balaban J connectivity index is 0. The van der Waals surface area contributed by atoms with E-state index in [0.717, 1.165) is 5.70 Å². The summed E-state index contributed by atoms with van der Waals surface area (Å²) in [6.07, 6.45) is 2.57. The highest BCUT2D eigenvalue weighted by molar-refractivity contribution is 5.75. The quantitative estimate of drug-likeness (QED) is 0.783. The molecule has 98 valence electrons. The molecule has 0 saturated heterocycles. The molecule has 0 saturated carbocycles. The summed E-state index contributed by atoms with van der Waals surface area (Å²) in [4.78, 5) is 10.6. The van der Waals surface area contributed by atoms with Gasteiger partial charge in [-0.05, 0) is 19.1 Å². The monoisotopic (exact) mass is 251 g/mol. The molecule has 0 bridgehead atoms. The van der Waals surface area contributed by atoms with E-state index in [1.165, 1.54) is 6.92 Å². The number of hydrogen-bond donors (Lipinski definition) is 1. The van der Waals surface area contributed by atoms with Gasteiger partial charge >= 0.3 is 6.36 Å². The van der Waals surface area contributed by atoms with E-state index < -0.39 is 6.36 Å². The van der Waals surface area contributed by atoms with Gasteiger partial charge in [-0.3, -0.25) is 9.53 Å². The van der Waals surface area contributed by atoms with Gasteiger partial charge in [-0.25, -0.2) is 0 Å². The molecular weight excluding hydrogens is 235 g/mol. The van der Waals surface area contributed by atoms with Crippen molar-refractivity contribution in [3.63, 3.8) is 0 Å². The summed E-state index contributed by atoms with van der Waals surface area (Å²) in [5.41, 5.74) is 0.759. The number of nitrogens with one attached hydrogen (secondary N) is 1. The maximum atomic E-state index is 10.6. The van der Waals surface area contributed by atoms with E-state index >= 15 is 0 Å². The van der Waals surface area contributed by atoms with Crippen LogP contribution in [0.15, 0.2) is 36.6 Å². The maximum absolute atomic E-state index is 10.6. The second-order valence-corrected chi connectivity index (χ2v) is 2.69. The second kappa shape index (κ2) is 9.65. The third-order valence-electron chi connectivity index (χ3n) is 1.20. The predicted molar refractivity (Wildman–Crippen MR) is 60.0 cm³/mol. The summed E-state index contributed by atoms with van der Waals surface area (Å²) in [7, 11) is 0.583. The van der Waals surface area contributed by atoms with Crippen LogP contribution in [0.1, 0.15) is 13.8 Å². The van der Waals surface area contributed by atoms with E-state index in [-0.39, 0.29) is 5.91 Å². The highest BCUT2D eigenvalue weighted by Crippen LogP contribution is 2.13. The first-order valence-corrected chi connectivity index (χ1v) is 4.61. The Kier molecular flexibility index (Phi) is 10.1. The largest absolute Gasteiger partial charge is 0.522 e. The molecule has 1 amide bonds. The number of methoxy groups -OCH3 is 1. The standard InChI is InChI=1S/C9H13NO.C2H3F3O/c1-4-6-9(7-5-2)10-8(3)11;1-6-2(3,4)5/h4-7H,1H2,2-3H3,(H,10,11);1H3/b7-5-,9-6+;. The van der Waals surface area contributed by atoms with Crippen molar-refractivity contribution in [2.24, 2.45) is 0 Å². The highest BCUT2D eigenvalue weighted by atomic mass is 19.4. The molecule has 3 nitrogen and oxygen atoms in total. The third kappa shape index (κ3) is 17.1. The van der Waals surface area contributed by atoms with Gasteiger partial charge in [0.15, 0.2) is 0 Å². The predicted octanol–water partition coefficient (Wildman–Crippen LogP) is 2.92. The van der Waals surface area contributed by atoms with Gasteiger partial charge in [0.25, 0.3) is 0 Å². The van der Waals surface area contributed by atoms with Crippen LogP contribution in [-0.2, 0) is 9.53 Å². The molecular formula is C11H16F3NO2. The van der Waals surface area contributed by atoms with Crippen LogP contribution in [-0.4, -0.2) is 19.4 Å². The Morgan fingerprint density at radius 1 is 1.41 bits per heavy atom. The molecule has 0 radical (unpaired) electrons. The fourth-order valence-corrected chi connectivity index (χ4v) is 0.649. The molecule has 6 heteroatoms. The summed E-state index contributed by atoms with van der Waals surface area (Å²) in [5, 5.41) is 2.65. The van der Waals surface area contributed by atoms with Crippen LogP contribution in [0.25, 0.3) is 0 Å². The molecule has 0 aliphatic carbocycles. The van der Waals surface area contributed by atoms with Gasteiger partial charge in [-0.15, -0.1) is 13.2 Å². The van der Waals surface area contributed by atoms with E-state index in [4.69, 9.17) is 0 Å². The van der Waals surface area contributed by atoms with E-state index in [2.05, 4.69) is 16.6 Å². The minimum Gasteiger partial charge on any atom is -0.326 e. The minimum absolute atomic E-state index is 0.0730. The van der Waals surface area contributed by atoms with Crippen molar-refractivity contribution in [3.8, 4) is 0 Å². The van der Waals surface area contributed by atoms with Crippen molar-refractivity contribution < 1.29 is 22.7 Å². The molecule has 0 aliphatic rings. The number of carbonyl (C=O) groups is 1. The van der Waals surface area contributed by atoms with Crippen LogP contribution in [0.3, 0.4) is 0 Å². The summed E-state index contributed by atoms with van der Waals surface area (Å²) in [5.74, 6) is -0.0730. The Labute approximate surface area is 98.6 Å². The Morgan fingerprint density at radius 2 is 1.88 bits per heavy atom. The van der Waals surface area contributed by atoms with Gasteiger partial charge in [-0.1, -0.05) is 18.7 Å². The van der Waals surface area contributed by atoms with Crippen LogP contribution >= 0.6 is 0 Å². The fourth-order valence-electron chi connectivity index (χ4n) is 0.649. The summed E-state index contributed by atoms with van der Waals surface area (Å²) < 4.78 is 34.6. The number of hydrogen-bond acceptors (Lipinski definition) is 2. The molecule has 0 unspecified atom stereocenters. The molecule has 0 aromatic carbocycles. The molecule has 0 atom stereocenters. The molecule has 1 N–H and O–H groups in total. The van der Waals surface area contributed by atoms with Gasteiger partial charge in [-0.2, -0.15) is 0 Å². The van der Waals surface area contributed by atoms with E-state index in [1.807, 2.05) is 19.1 Å². The van der Waals surface area contributed by atoms with Crippen LogP contribution in [0.4, 0.5) is 13.2 Å². The highest BCUT2D eigenvalue weighted by Gasteiger charge is 2.25. The SMILES string of the molecule is C=C/C=C(\C=C/C)NC(C)=O.COC(F)(F)F. The number of ether oxygens (including phenoxy) is 1. The number of halogens is 3. The van der Waals surface area contributed by atoms with Gasteiger partial charge in [0.05, 0.1) is 0 Å². The van der Waals surface area contributed by atoms with Crippen molar-refractivity contribution >= 4 is 5.91 Å². The van der Waals surface area contributed by atoms with Crippen LogP contribution in [0.2, 0.25) is 0 Å². The maximum Gasteiger partial charge on any atom is 0.522 e. The lowest BCUT2D eigenvalue weighted by Gasteiger charge is -1.99. The first-order chi connectivity index (χ1) is 7.76. The molecule has 0 spiro atoms. The topological polar surface area (TPSA) is 38.3 Å². The lowest BCUT2D eigenvalue weighted by molar-refractivity contribution is -0.311. The van der Waals surface area contributed by atoms with Gasteiger partial charge in [0.2, 0.25) is 5.91 Å². The van der Waals surface area contributed by atoms with Crippen LogP contribution < -0.4 is 5.32 Å². The summed E-state index contributed by atoms with van der Waals surface area (Å²) in [6.45, 7) is 6.89. The number of carbonyl (C=O) groups excluding carboxylic acids is 1. The first kappa shape index (κ1) is 17.8. The van der Waals surface area contributed by atoms with Crippen LogP contribution in [0, 0.1) is 0 Å². The van der Waals surface area contributed by atoms with Gasteiger partial charge in [0, 0.05) is 19.7 Å². The Morgan fingerprint density at radius 3 is 2.12 bits per heavy atom. The number of rotatable bonds is 3. The molecule has 0 fully saturated rings. The molecule has 0 aromatic heterocycles. The average Bonchev–Trinajstić information content (AvgIpc) is 2.17. The number of allylic oxidation sites excluding steroid dienone is 4. The zero-order chi connectivity index (χ0) is 13.9. The fraction of sp³-hybridized carbons (Fsp3) is 0.364. The number of amides is 1. The van der Waals surface area contributed by atoms with E-state index in [1.54, 1.807) is 12.2 Å². The third-order valence-corrected chi connectivity index (χ3v) is 1.20. The lowest BCUT2D eigenvalue weighted by atomic mass is 10.3. The molecule has 0 rings (SSSR count). The zero-order valence-electron chi connectivity index (χ0n) is 9.97. The van der Waals surface area contributed by atoms with Crippen molar-refractivity contribution in [2.75, 3.05) is 7.11 Å². The normalized spacial score (nSPS) is 11.8. The van der Waals surface area contributed by atoms with Crippen molar-refractivity contribution in [1.29, 1.82) is 0 Å². The lowest BCUT2D eigenvalue weighted by Crippen LogP contribution is -2.17. The van der Waals surface area contributed by atoms with E-state index in [0.29, 0.717) is 7.11 Å². The van der Waals surface area contributed by atoms with E-state index in [9.17, 15) is 18.0 Å². The molecule has 17 heavy (non-hydrogen) atoms. The molecule has 0 aliphatic heterocycles. The zero-order valence-corrected chi connectivity index (χ0v) is 9.97. The van der Waals surface area contributed by atoms with Crippen LogP contribution in [0.5, 0.6) is 0 Å². The summed E-state index contributed by atoms with van der Waals surface area (Å²) >= 11 is 0. The molecule has 0 aromatic rings.